The summed E-state index contributed by atoms with van der Waals surface area (Å²) in [4.78, 5) is 19.6. The van der Waals surface area contributed by atoms with Gasteiger partial charge in [-0.1, -0.05) is 23.7 Å². The number of hydrogen-bond donors (Lipinski definition) is 2. The fourth-order valence-corrected chi connectivity index (χ4v) is 3.12. The van der Waals surface area contributed by atoms with E-state index in [1.807, 2.05) is 36.5 Å². The van der Waals surface area contributed by atoms with Gasteiger partial charge >= 0.3 is 6.09 Å². The van der Waals surface area contributed by atoms with E-state index in [9.17, 15) is 4.79 Å². The van der Waals surface area contributed by atoms with Crippen LogP contribution in [0.15, 0.2) is 42.6 Å². The van der Waals surface area contributed by atoms with E-state index in [1.54, 1.807) is 0 Å². The molecule has 0 spiro atoms. The number of aromatic nitrogens is 1. The van der Waals surface area contributed by atoms with E-state index >= 15 is 0 Å². The first-order chi connectivity index (χ1) is 12.1. The van der Waals surface area contributed by atoms with Gasteiger partial charge in [0.1, 0.15) is 5.82 Å². The molecule has 1 amide bonds. The monoisotopic (exact) mass is 360 g/mol. The molecule has 1 aromatic heterocycles. The van der Waals surface area contributed by atoms with E-state index in [4.69, 9.17) is 16.7 Å². The number of anilines is 1. The highest BCUT2D eigenvalue weighted by molar-refractivity contribution is 6.30. The first-order valence-electron chi connectivity index (χ1n) is 8.28. The molecule has 0 saturated carbocycles. The summed E-state index contributed by atoms with van der Waals surface area (Å²) in [7, 11) is 0. The summed E-state index contributed by atoms with van der Waals surface area (Å²) in [5.41, 5.74) is 2.10. The number of nitrogens with zero attached hydrogens (tertiary/aromatic N) is 3. The third kappa shape index (κ3) is 4.84. The second-order valence-corrected chi connectivity index (χ2v) is 6.41. The molecular formula is C18H21ClN4O2. The second kappa shape index (κ2) is 8.18. The molecule has 1 fully saturated rings. The van der Waals surface area contributed by atoms with Gasteiger partial charge in [-0.2, -0.15) is 0 Å². The third-order valence-corrected chi connectivity index (χ3v) is 4.54. The summed E-state index contributed by atoms with van der Waals surface area (Å²) in [6.45, 7) is 4.77. The number of carboxylic acid groups (broad SMARTS) is 1. The smallest absolute Gasteiger partial charge is 0.404 e. The van der Waals surface area contributed by atoms with Crippen molar-refractivity contribution in [1.29, 1.82) is 0 Å². The Morgan fingerprint density at radius 3 is 2.60 bits per heavy atom. The lowest BCUT2D eigenvalue weighted by atomic mass is 10.1. The van der Waals surface area contributed by atoms with E-state index in [0.717, 1.165) is 54.7 Å². The summed E-state index contributed by atoms with van der Waals surface area (Å²) in [6.07, 6.45) is 0.909. The second-order valence-electron chi connectivity index (χ2n) is 5.98. The van der Waals surface area contributed by atoms with Crippen molar-refractivity contribution in [2.45, 2.75) is 0 Å². The van der Waals surface area contributed by atoms with Crippen molar-refractivity contribution in [1.82, 2.24) is 15.2 Å². The van der Waals surface area contributed by atoms with Crippen molar-refractivity contribution in [3.63, 3.8) is 0 Å². The van der Waals surface area contributed by atoms with E-state index in [2.05, 4.69) is 26.2 Å². The number of halogens is 1. The first kappa shape index (κ1) is 17.5. The Balaban J connectivity index is 1.54. The van der Waals surface area contributed by atoms with E-state index in [-0.39, 0.29) is 0 Å². The molecule has 0 radical (unpaired) electrons. The number of nitrogens with one attached hydrogen (secondary N) is 1. The SMILES string of the molecule is O=C(O)NCCN1CCN(c2ccc(-c3cccc(Cl)c3)cn2)CC1. The van der Waals surface area contributed by atoms with Crippen LogP contribution in [-0.2, 0) is 0 Å². The molecule has 6 nitrogen and oxygen atoms in total. The summed E-state index contributed by atoms with van der Waals surface area (Å²) in [5, 5.41) is 11.7. The van der Waals surface area contributed by atoms with E-state index < -0.39 is 6.09 Å². The van der Waals surface area contributed by atoms with Gasteiger partial charge in [0.15, 0.2) is 0 Å². The molecule has 1 saturated heterocycles. The molecule has 2 heterocycles. The Kier molecular flexibility index (Phi) is 5.73. The molecule has 0 aliphatic carbocycles. The van der Waals surface area contributed by atoms with Crippen LogP contribution in [-0.4, -0.2) is 60.4 Å². The number of piperazine rings is 1. The highest BCUT2D eigenvalue weighted by Gasteiger charge is 2.17. The zero-order valence-electron chi connectivity index (χ0n) is 13.9. The molecule has 0 atom stereocenters. The zero-order chi connectivity index (χ0) is 17.6. The normalized spacial score (nSPS) is 15.2. The van der Waals surface area contributed by atoms with Crippen molar-refractivity contribution in [2.75, 3.05) is 44.2 Å². The summed E-state index contributed by atoms with van der Waals surface area (Å²) >= 11 is 6.04. The Labute approximate surface area is 152 Å². The number of amides is 1. The molecular weight excluding hydrogens is 340 g/mol. The number of carbonyl (C=O) groups is 1. The fraction of sp³-hybridized carbons (Fsp3) is 0.333. The lowest BCUT2D eigenvalue weighted by Crippen LogP contribution is -2.48. The maximum Gasteiger partial charge on any atom is 0.404 e. The van der Waals surface area contributed by atoms with Gasteiger partial charge in [-0.25, -0.2) is 9.78 Å². The Morgan fingerprint density at radius 2 is 1.96 bits per heavy atom. The van der Waals surface area contributed by atoms with Crippen molar-refractivity contribution >= 4 is 23.5 Å². The Hall–Kier alpha value is -2.31. The van der Waals surface area contributed by atoms with Gasteiger partial charge < -0.3 is 15.3 Å². The topological polar surface area (TPSA) is 68.7 Å². The van der Waals surface area contributed by atoms with Gasteiger partial charge in [-0.3, -0.25) is 4.90 Å². The lowest BCUT2D eigenvalue weighted by molar-refractivity contribution is 0.190. The maximum atomic E-state index is 10.5. The molecule has 25 heavy (non-hydrogen) atoms. The first-order valence-corrected chi connectivity index (χ1v) is 8.66. The van der Waals surface area contributed by atoms with Crippen molar-refractivity contribution in [3.8, 4) is 11.1 Å². The van der Waals surface area contributed by atoms with E-state index in [1.165, 1.54) is 0 Å². The molecule has 7 heteroatoms. The predicted octanol–water partition coefficient (Wildman–Crippen LogP) is 2.79. The molecule has 132 valence electrons. The predicted molar refractivity (Wildman–Crippen MR) is 99.4 cm³/mol. The van der Waals surface area contributed by atoms with Crippen molar-refractivity contribution in [2.24, 2.45) is 0 Å². The third-order valence-electron chi connectivity index (χ3n) is 4.31. The quantitative estimate of drug-likeness (QED) is 0.858. The van der Waals surface area contributed by atoms with Gasteiger partial charge in [0.2, 0.25) is 0 Å². The molecule has 3 rings (SSSR count). The van der Waals surface area contributed by atoms with Gasteiger partial charge in [0.25, 0.3) is 0 Å². The molecule has 0 unspecified atom stereocenters. The summed E-state index contributed by atoms with van der Waals surface area (Å²) in [5.74, 6) is 0.967. The van der Waals surface area contributed by atoms with Crippen LogP contribution in [0.5, 0.6) is 0 Å². The van der Waals surface area contributed by atoms with E-state index in [0.29, 0.717) is 6.54 Å². The molecule has 2 N–H and O–H groups in total. The Morgan fingerprint density at radius 1 is 1.16 bits per heavy atom. The molecule has 1 aliphatic rings. The fourth-order valence-electron chi connectivity index (χ4n) is 2.93. The van der Waals surface area contributed by atoms with Crippen LogP contribution >= 0.6 is 11.6 Å². The number of pyridine rings is 1. The highest BCUT2D eigenvalue weighted by atomic mass is 35.5. The van der Waals surface area contributed by atoms with Crippen LogP contribution in [0.2, 0.25) is 5.02 Å². The van der Waals surface area contributed by atoms with Gasteiger partial charge in [-0.05, 0) is 29.8 Å². The van der Waals surface area contributed by atoms with Gasteiger partial charge in [0, 0.05) is 56.1 Å². The summed E-state index contributed by atoms with van der Waals surface area (Å²) in [6, 6.07) is 11.9. The molecule has 0 bridgehead atoms. The minimum atomic E-state index is -0.970. The minimum absolute atomic E-state index is 0.460. The van der Waals surface area contributed by atoms with Crippen LogP contribution in [0.25, 0.3) is 11.1 Å². The summed E-state index contributed by atoms with van der Waals surface area (Å²) < 4.78 is 0. The van der Waals surface area contributed by atoms with Gasteiger partial charge in [0.05, 0.1) is 0 Å². The molecule has 1 aliphatic heterocycles. The van der Waals surface area contributed by atoms with Gasteiger partial charge in [-0.15, -0.1) is 0 Å². The average Bonchev–Trinajstić information content (AvgIpc) is 2.62. The largest absolute Gasteiger partial charge is 0.465 e. The van der Waals surface area contributed by atoms with Crippen molar-refractivity contribution in [3.05, 3.63) is 47.6 Å². The molecule has 1 aromatic carbocycles. The number of hydrogen-bond acceptors (Lipinski definition) is 4. The maximum absolute atomic E-state index is 10.5. The van der Waals surface area contributed by atoms with Crippen LogP contribution in [0, 0.1) is 0 Å². The van der Waals surface area contributed by atoms with Crippen molar-refractivity contribution < 1.29 is 9.90 Å². The lowest BCUT2D eigenvalue weighted by Gasteiger charge is -2.35. The zero-order valence-corrected chi connectivity index (χ0v) is 14.6. The van der Waals surface area contributed by atoms with Crippen LogP contribution < -0.4 is 10.2 Å². The van der Waals surface area contributed by atoms with Crippen LogP contribution in [0.4, 0.5) is 10.6 Å². The average molecular weight is 361 g/mol. The Bertz CT molecular complexity index is 715. The van der Waals surface area contributed by atoms with Crippen LogP contribution in [0.3, 0.4) is 0 Å². The molecule has 2 aromatic rings. The highest BCUT2D eigenvalue weighted by Crippen LogP contribution is 2.24. The number of benzene rings is 1. The number of rotatable bonds is 5. The minimum Gasteiger partial charge on any atom is -0.465 e. The standard InChI is InChI=1S/C18H21ClN4O2/c19-16-3-1-2-14(12-16)15-4-5-17(21-13-15)23-10-8-22(9-11-23)7-6-20-18(24)25/h1-5,12-13,20H,6-11H2,(H,24,25). The van der Waals surface area contributed by atoms with Crippen LogP contribution in [0.1, 0.15) is 0 Å².